The van der Waals surface area contributed by atoms with E-state index < -0.39 is 0 Å². The first-order valence-electron chi connectivity index (χ1n) is 10.6. The molecule has 1 aliphatic rings. The van der Waals surface area contributed by atoms with Crippen LogP contribution >= 0.6 is 11.3 Å². The van der Waals surface area contributed by atoms with Crippen LogP contribution in [0.3, 0.4) is 0 Å². The Morgan fingerprint density at radius 1 is 1.10 bits per heavy atom. The third kappa shape index (κ3) is 4.65. The van der Waals surface area contributed by atoms with Crippen molar-refractivity contribution < 1.29 is 4.79 Å². The maximum Gasteiger partial charge on any atom is 0.236 e. The van der Waals surface area contributed by atoms with Crippen molar-refractivity contribution >= 4 is 33.1 Å². The molecule has 1 amide bonds. The van der Waals surface area contributed by atoms with E-state index in [9.17, 15) is 4.79 Å². The van der Waals surface area contributed by atoms with Gasteiger partial charge in [0.15, 0.2) is 0 Å². The molecule has 1 saturated heterocycles. The van der Waals surface area contributed by atoms with Crippen molar-refractivity contribution in [2.75, 3.05) is 39.1 Å². The Balaban J connectivity index is 1.42. The molecule has 158 valence electrons. The predicted octanol–water partition coefficient (Wildman–Crippen LogP) is 4.55. The number of anilines is 1. The van der Waals surface area contributed by atoms with Gasteiger partial charge in [0.05, 0.1) is 22.8 Å². The Morgan fingerprint density at radius 2 is 1.87 bits per heavy atom. The fourth-order valence-corrected chi connectivity index (χ4v) is 5.19. The second-order valence-corrected chi connectivity index (χ2v) is 9.37. The third-order valence-electron chi connectivity index (χ3n) is 5.85. The lowest BCUT2D eigenvalue weighted by molar-refractivity contribution is -0.132. The number of hydrogen-bond acceptors (Lipinski definition) is 5. The molecule has 0 N–H and O–H groups in total. The van der Waals surface area contributed by atoms with E-state index in [0.29, 0.717) is 13.1 Å². The molecule has 0 aliphatic carbocycles. The highest BCUT2D eigenvalue weighted by Crippen LogP contribution is 2.35. The Kier molecular flexibility index (Phi) is 6.35. The summed E-state index contributed by atoms with van der Waals surface area (Å²) in [4.78, 5) is 24.1. The van der Waals surface area contributed by atoms with Gasteiger partial charge in [0.2, 0.25) is 5.91 Å². The lowest BCUT2D eigenvalue weighted by Crippen LogP contribution is -2.42. The average Bonchev–Trinajstić information content (AvgIpc) is 3.18. The molecule has 2 aromatic carbocycles. The van der Waals surface area contributed by atoms with E-state index in [-0.39, 0.29) is 11.9 Å². The molecule has 0 unspecified atom stereocenters. The summed E-state index contributed by atoms with van der Waals surface area (Å²) in [5, 5.41) is 1.14. The summed E-state index contributed by atoms with van der Waals surface area (Å²) in [7, 11) is 5.97. The number of nitrogens with zero attached hydrogens (tertiary/aromatic N) is 4. The maximum atomic E-state index is 13.0. The lowest BCUT2D eigenvalue weighted by atomic mass is 10.0. The number of thiazole rings is 1. The first-order chi connectivity index (χ1) is 14.5. The van der Waals surface area contributed by atoms with Crippen LogP contribution < -0.4 is 4.90 Å². The second-order valence-electron chi connectivity index (χ2n) is 8.31. The van der Waals surface area contributed by atoms with Crippen molar-refractivity contribution in [1.82, 2.24) is 14.8 Å². The third-order valence-corrected chi connectivity index (χ3v) is 6.98. The number of para-hydroxylation sites is 1. The van der Waals surface area contributed by atoms with Crippen molar-refractivity contribution in [2.24, 2.45) is 0 Å². The van der Waals surface area contributed by atoms with Crippen molar-refractivity contribution in [3.63, 3.8) is 0 Å². The van der Waals surface area contributed by atoms with E-state index in [1.165, 1.54) is 16.8 Å². The number of hydrogen-bond donors (Lipinski definition) is 0. The zero-order chi connectivity index (χ0) is 21.1. The fraction of sp³-hybridized carbons (Fsp3) is 0.417. The molecule has 3 aromatic rings. The molecule has 6 heteroatoms. The van der Waals surface area contributed by atoms with Gasteiger partial charge in [-0.2, -0.15) is 0 Å². The molecular weight excluding hydrogens is 392 g/mol. The molecule has 0 radical (unpaired) electrons. The van der Waals surface area contributed by atoms with Gasteiger partial charge in [0.1, 0.15) is 5.01 Å². The summed E-state index contributed by atoms with van der Waals surface area (Å²) in [5.74, 6) is 0.166. The largest absolute Gasteiger partial charge is 0.378 e. The van der Waals surface area contributed by atoms with Crippen LogP contribution in [-0.2, 0) is 11.3 Å². The molecule has 1 aliphatic heterocycles. The average molecular weight is 423 g/mol. The molecule has 0 spiro atoms. The highest BCUT2D eigenvalue weighted by atomic mass is 32.1. The number of likely N-dealkylation sites (N-methyl/N-ethyl adjacent to an activating group) is 1. The summed E-state index contributed by atoms with van der Waals surface area (Å²) < 4.78 is 1.22. The SMILES string of the molecule is CN(Cc1ccc(N(C)C)cc1)C(=O)CN1CCCC[C@@H]1c1nc2ccccc2s1. The predicted molar refractivity (Wildman–Crippen MR) is 125 cm³/mol. The highest BCUT2D eigenvalue weighted by Gasteiger charge is 2.29. The monoisotopic (exact) mass is 422 g/mol. The van der Waals surface area contributed by atoms with E-state index in [1.54, 1.807) is 11.3 Å². The fourth-order valence-electron chi connectivity index (χ4n) is 4.05. The Morgan fingerprint density at radius 3 is 2.60 bits per heavy atom. The first kappa shape index (κ1) is 20.8. The number of rotatable bonds is 6. The smallest absolute Gasteiger partial charge is 0.236 e. The van der Waals surface area contributed by atoms with Crippen LogP contribution in [0.4, 0.5) is 5.69 Å². The van der Waals surface area contributed by atoms with Gasteiger partial charge in [-0.25, -0.2) is 4.98 Å². The summed E-state index contributed by atoms with van der Waals surface area (Å²) in [6.07, 6.45) is 3.41. The molecule has 1 fully saturated rings. The minimum absolute atomic E-state index is 0.166. The van der Waals surface area contributed by atoms with Crippen molar-refractivity contribution in [1.29, 1.82) is 0 Å². The Hall–Kier alpha value is -2.44. The van der Waals surface area contributed by atoms with Gasteiger partial charge < -0.3 is 9.80 Å². The van der Waals surface area contributed by atoms with Crippen LogP contribution in [0.25, 0.3) is 10.2 Å². The number of carbonyl (C=O) groups is 1. The summed E-state index contributed by atoms with van der Waals surface area (Å²) in [6, 6.07) is 16.9. The first-order valence-corrected chi connectivity index (χ1v) is 11.4. The minimum Gasteiger partial charge on any atom is -0.378 e. The van der Waals surface area contributed by atoms with Crippen molar-refractivity contribution in [3.8, 4) is 0 Å². The summed E-state index contributed by atoms with van der Waals surface area (Å²) in [5.41, 5.74) is 3.38. The molecule has 4 rings (SSSR count). The molecule has 1 atom stereocenters. The van der Waals surface area contributed by atoms with E-state index in [4.69, 9.17) is 4.98 Å². The van der Waals surface area contributed by atoms with Gasteiger partial charge in [-0.1, -0.05) is 30.7 Å². The van der Waals surface area contributed by atoms with Crippen molar-refractivity contribution in [2.45, 2.75) is 31.8 Å². The number of likely N-dealkylation sites (tertiary alicyclic amines) is 1. The van der Waals surface area contributed by atoms with Crippen LogP contribution in [0.2, 0.25) is 0 Å². The van der Waals surface area contributed by atoms with Gasteiger partial charge in [0.25, 0.3) is 0 Å². The lowest BCUT2D eigenvalue weighted by Gasteiger charge is -2.34. The van der Waals surface area contributed by atoms with Crippen LogP contribution in [0, 0.1) is 0 Å². The number of benzene rings is 2. The maximum absolute atomic E-state index is 13.0. The second kappa shape index (κ2) is 9.14. The van der Waals surface area contributed by atoms with Gasteiger partial charge in [-0.15, -0.1) is 11.3 Å². The number of piperidine rings is 1. The molecule has 2 heterocycles. The van der Waals surface area contributed by atoms with Gasteiger partial charge in [-0.3, -0.25) is 9.69 Å². The number of amides is 1. The molecule has 1 aromatic heterocycles. The number of fused-ring (bicyclic) bond motifs is 1. The standard InChI is InChI=1S/C24H30N4OS/c1-26(2)19-13-11-18(12-14-19)16-27(3)23(29)17-28-15-7-6-9-21(28)24-25-20-8-4-5-10-22(20)30-24/h4-5,8,10-14,21H,6-7,9,15-17H2,1-3H3/t21-/m1/s1. The zero-order valence-electron chi connectivity index (χ0n) is 18.0. The number of aromatic nitrogens is 1. The topological polar surface area (TPSA) is 39.7 Å². The van der Waals surface area contributed by atoms with Gasteiger partial charge in [0, 0.05) is 33.4 Å². The minimum atomic E-state index is 0.166. The van der Waals surface area contributed by atoms with Crippen LogP contribution in [0.15, 0.2) is 48.5 Å². The van der Waals surface area contributed by atoms with Gasteiger partial charge in [-0.05, 0) is 49.2 Å². The van der Waals surface area contributed by atoms with E-state index in [2.05, 4.69) is 52.3 Å². The quantitative estimate of drug-likeness (QED) is 0.584. The molecule has 30 heavy (non-hydrogen) atoms. The van der Waals surface area contributed by atoms with Gasteiger partial charge >= 0.3 is 0 Å². The molecule has 5 nitrogen and oxygen atoms in total. The van der Waals surface area contributed by atoms with Crippen LogP contribution in [0.5, 0.6) is 0 Å². The molecule has 0 bridgehead atoms. The molecule has 0 saturated carbocycles. The van der Waals surface area contributed by atoms with Crippen molar-refractivity contribution in [3.05, 3.63) is 59.1 Å². The highest BCUT2D eigenvalue weighted by molar-refractivity contribution is 7.18. The Labute approximate surface area is 182 Å². The summed E-state index contributed by atoms with van der Waals surface area (Å²) in [6.45, 7) is 2.04. The Bertz CT molecular complexity index is 965. The molecular formula is C24H30N4OS. The van der Waals surface area contributed by atoms with E-state index in [1.807, 2.05) is 32.1 Å². The van der Waals surface area contributed by atoms with Crippen LogP contribution in [-0.4, -0.2) is 54.9 Å². The van der Waals surface area contributed by atoms with E-state index >= 15 is 0 Å². The summed E-state index contributed by atoms with van der Waals surface area (Å²) >= 11 is 1.77. The van der Waals surface area contributed by atoms with Crippen LogP contribution in [0.1, 0.15) is 35.9 Å². The zero-order valence-corrected chi connectivity index (χ0v) is 18.9. The number of carbonyl (C=O) groups excluding carboxylic acids is 1. The van der Waals surface area contributed by atoms with E-state index in [0.717, 1.165) is 35.5 Å². The normalized spacial score (nSPS) is 17.2.